The van der Waals surface area contributed by atoms with Crippen LogP contribution in [0.15, 0.2) is 30.5 Å². The maximum absolute atomic E-state index is 13.1. The van der Waals surface area contributed by atoms with Crippen LogP contribution in [-0.4, -0.2) is 59.4 Å². The van der Waals surface area contributed by atoms with Crippen molar-refractivity contribution in [2.75, 3.05) is 25.6 Å². The predicted octanol–water partition coefficient (Wildman–Crippen LogP) is 2.09. The molecule has 1 aromatic heterocycles. The minimum absolute atomic E-state index is 0.156. The second-order valence-electron chi connectivity index (χ2n) is 8.23. The van der Waals surface area contributed by atoms with Gasteiger partial charge in [0.1, 0.15) is 11.6 Å². The number of anilines is 1. The zero-order valence-electron chi connectivity index (χ0n) is 18.4. The molecule has 1 aliphatic rings. The Morgan fingerprint density at radius 2 is 2.03 bits per heavy atom. The number of amides is 3. The second-order valence-corrected chi connectivity index (χ2v) is 8.23. The van der Waals surface area contributed by atoms with Gasteiger partial charge in [0.05, 0.1) is 18.6 Å². The van der Waals surface area contributed by atoms with Crippen molar-refractivity contribution in [1.29, 1.82) is 0 Å². The molecule has 0 spiro atoms. The number of halogens is 1. The third-order valence-electron chi connectivity index (χ3n) is 5.60. The summed E-state index contributed by atoms with van der Waals surface area (Å²) in [5.41, 5.74) is 1.08. The van der Waals surface area contributed by atoms with Crippen LogP contribution in [0.1, 0.15) is 43.6 Å². The smallest absolute Gasteiger partial charge is 0.319 e. The second kappa shape index (κ2) is 10.6. The van der Waals surface area contributed by atoms with Crippen molar-refractivity contribution in [2.45, 2.75) is 44.2 Å². The van der Waals surface area contributed by atoms with Crippen molar-refractivity contribution in [1.82, 2.24) is 20.6 Å². The van der Waals surface area contributed by atoms with Crippen molar-refractivity contribution in [2.24, 2.45) is 5.92 Å². The summed E-state index contributed by atoms with van der Waals surface area (Å²) in [5.74, 6) is -1.05. The summed E-state index contributed by atoms with van der Waals surface area (Å²) in [5, 5.41) is 19.3. The first-order valence-corrected chi connectivity index (χ1v) is 10.6. The number of hydrogen-bond donors (Lipinski definition) is 5. The lowest BCUT2D eigenvalue weighted by Crippen LogP contribution is -2.41. The van der Waals surface area contributed by atoms with Gasteiger partial charge in [0.2, 0.25) is 5.91 Å². The van der Waals surface area contributed by atoms with E-state index in [9.17, 15) is 19.1 Å². The van der Waals surface area contributed by atoms with Gasteiger partial charge in [-0.2, -0.15) is 0 Å². The molecule has 0 radical (unpaired) electrons. The van der Waals surface area contributed by atoms with Crippen LogP contribution in [0.4, 0.5) is 14.9 Å². The first-order valence-electron chi connectivity index (χ1n) is 10.6. The Morgan fingerprint density at radius 1 is 1.31 bits per heavy atom. The van der Waals surface area contributed by atoms with Crippen LogP contribution in [-0.2, 0) is 9.53 Å². The summed E-state index contributed by atoms with van der Waals surface area (Å²) in [4.78, 5) is 32.8. The number of aliphatic hydroxyl groups is 1. The number of rotatable bonds is 8. The fourth-order valence-electron chi connectivity index (χ4n) is 3.95. The zero-order chi connectivity index (χ0) is 23.3. The van der Waals surface area contributed by atoms with Crippen LogP contribution in [0.25, 0.3) is 0 Å². The first-order chi connectivity index (χ1) is 15.3. The summed E-state index contributed by atoms with van der Waals surface area (Å²) in [6.45, 7) is 4.67. The number of hydrogen-bond acceptors (Lipinski definition) is 5. The van der Waals surface area contributed by atoms with E-state index in [0.29, 0.717) is 24.5 Å². The Bertz CT molecular complexity index is 917. The molecule has 10 heteroatoms. The molecule has 9 nitrogen and oxygen atoms in total. The SMILES string of the molecule is COCCNC(=O)[C@H]1C[C@@H](NC(=O)Nc2ccc(F)cc2)[C@H](c2cnc(C(C)C)[nH]2)[C@@H]1O. The molecule has 3 amide bonds. The first kappa shape index (κ1) is 23.7. The van der Waals surface area contributed by atoms with Crippen LogP contribution < -0.4 is 16.0 Å². The van der Waals surface area contributed by atoms with E-state index in [2.05, 4.69) is 25.9 Å². The number of carbonyl (C=O) groups excluding carboxylic acids is 2. The molecule has 2 aromatic rings. The number of aromatic amines is 1. The van der Waals surface area contributed by atoms with Gasteiger partial charge in [-0.05, 0) is 30.7 Å². The molecule has 174 valence electrons. The molecule has 4 atom stereocenters. The zero-order valence-corrected chi connectivity index (χ0v) is 18.4. The van der Waals surface area contributed by atoms with Crippen LogP contribution in [0, 0.1) is 11.7 Å². The highest BCUT2D eigenvalue weighted by Gasteiger charge is 2.47. The average molecular weight is 448 g/mol. The van der Waals surface area contributed by atoms with Gasteiger partial charge in [0.15, 0.2) is 0 Å². The van der Waals surface area contributed by atoms with E-state index in [4.69, 9.17) is 4.74 Å². The number of aliphatic hydroxyl groups excluding tert-OH is 1. The molecule has 1 heterocycles. The standard InChI is InChI=1S/C22H30FN5O4/c1-12(2)20-25-11-17(27-20)18-16(10-15(19(18)29)21(30)24-8-9-32-3)28-22(31)26-14-6-4-13(23)5-7-14/h4-7,11-12,15-16,18-19,29H,8-10H2,1-3H3,(H,24,30)(H,25,27)(H2,26,28,31)/t15-,16+,18+,19+/m0/s1. The molecule has 0 unspecified atom stereocenters. The van der Waals surface area contributed by atoms with Crippen molar-refractivity contribution >= 4 is 17.6 Å². The van der Waals surface area contributed by atoms with Gasteiger partial charge in [0.25, 0.3) is 0 Å². The van der Waals surface area contributed by atoms with Gasteiger partial charge in [-0.3, -0.25) is 4.79 Å². The van der Waals surface area contributed by atoms with E-state index in [-0.39, 0.29) is 18.2 Å². The van der Waals surface area contributed by atoms with E-state index < -0.39 is 35.8 Å². The predicted molar refractivity (Wildman–Crippen MR) is 117 cm³/mol. The molecule has 0 aliphatic heterocycles. The van der Waals surface area contributed by atoms with Gasteiger partial charge in [-0.15, -0.1) is 0 Å². The molecular weight excluding hydrogens is 417 g/mol. The number of ether oxygens (including phenoxy) is 1. The molecule has 5 N–H and O–H groups in total. The molecule has 0 bridgehead atoms. The molecule has 0 saturated heterocycles. The summed E-state index contributed by atoms with van der Waals surface area (Å²) in [6.07, 6.45) is 0.868. The van der Waals surface area contributed by atoms with Crippen molar-refractivity contribution in [3.05, 3.63) is 47.8 Å². The van der Waals surface area contributed by atoms with Crippen LogP contribution in [0.5, 0.6) is 0 Å². The van der Waals surface area contributed by atoms with Crippen LogP contribution >= 0.6 is 0 Å². The number of aromatic nitrogens is 2. The summed E-state index contributed by atoms with van der Waals surface area (Å²) < 4.78 is 18.1. The lowest BCUT2D eigenvalue weighted by atomic mass is 9.96. The van der Waals surface area contributed by atoms with Gasteiger partial charge in [-0.1, -0.05) is 13.8 Å². The number of benzene rings is 1. The molecular formula is C22H30FN5O4. The van der Waals surface area contributed by atoms with Gasteiger partial charge < -0.3 is 30.8 Å². The topological polar surface area (TPSA) is 128 Å². The van der Waals surface area contributed by atoms with E-state index in [0.717, 1.165) is 5.82 Å². The fourth-order valence-corrected chi connectivity index (χ4v) is 3.95. The van der Waals surface area contributed by atoms with Crippen LogP contribution in [0.2, 0.25) is 0 Å². The maximum atomic E-state index is 13.1. The average Bonchev–Trinajstić information content (AvgIpc) is 3.34. The maximum Gasteiger partial charge on any atom is 0.319 e. The molecule has 3 rings (SSSR count). The van der Waals surface area contributed by atoms with Gasteiger partial charge in [0, 0.05) is 49.1 Å². The lowest BCUT2D eigenvalue weighted by Gasteiger charge is -2.22. The summed E-state index contributed by atoms with van der Waals surface area (Å²) >= 11 is 0. The van der Waals surface area contributed by atoms with E-state index in [1.807, 2.05) is 13.8 Å². The Morgan fingerprint density at radius 3 is 2.66 bits per heavy atom. The number of nitrogens with zero attached hydrogens (tertiary/aromatic N) is 1. The van der Waals surface area contributed by atoms with Crippen molar-refractivity contribution < 1.29 is 23.8 Å². The highest BCUT2D eigenvalue weighted by Crippen LogP contribution is 2.39. The van der Waals surface area contributed by atoms with E-state index in [1.54, 1.807) is 6.20 Å². The number of nitrogens with one attached hydrogen (secondary N) is 4. The Kier molecular flexibility index (Phi) is 7.81. The quantitative estimate of drug-likeness (QED) is 0.396. The number of H-pyrrole nitrogens is 1. The largest absolute Gasteiger partial charge is 0.392 e. The Labute approximate surface area is 186 Å². The minimum Gasteiger partial charge on any atom is -0.392 e. The lowest BCUT2D eigenvalue weighted by molar-refractivity contribution is -0.127. The molecule has 1 aromatic carbocycles. The third kappa shape index (κ3) is 5.63. The number of methoxy groups -OCH3 is 1. The number of urea groups is 1. The monoisotopic (exact) mass is 447 g/mol. The Balaban J connectivity index is 1.76. The van der Waals surface area contributed by atoms with E-state index >= 15 is 0 Å². The third-order valence-corrected chi connectivity index (χ3v) is 5.60. The fraction of sp³-hybridized carbons (Fsp3) is 0.500. The highest BCUT2D eigenvalue weighted by atomic mass is 19.1. The van der Waals surface area contributed by atoms with Crippen LogP contribution in [0.3, 0.4) is 0 Å². The van der Waals surface area contributed by atoms with Crippen molar-refractivity contribution in [3.63, 3.8) is 0 Å². The molecule has 1 saturated carbocycles. The number of carbonyl (C=O) groups is 2. The summed E-state index contributed by atoms with van der Waals surface area (Å²) in [6, 6.07) is 4.36. The van der Waals surface area contributed by atoms with Gasteiger partial charge in [-0.25, -0.2) is 14.2 Å². The number of imidazole rings is 1. The normalized spacial score (nSPS) is 22.7. The summed E-state index contributed by atoms with van der Waals surface area (Å²) in [7, 11) is 1.54. The molecule has 32 heavy (non-hydrogen) atoms. The highest BCUT2D eigenvalue weighted by molar-refractivity contribution is 5.89. The molecule has 1 fully saturated rings. The van der Waals surface area contributed by atoms with Gasteiger partial charge >= 0.3 is 6.03 Å². The van der Waals surface area contributed by atoms with Crippen molar-refractivity contribution in [3.8, 4) is 0 Å². The van der Waals surface area contributed by atoms with E-state index in [1.165, 1.54) is 31.4 Å². The minimum atomic E-state index is -1.02. The Hall–Kier alpha value is -2.98. The molecule has 1 aliphatic carbocycles.